The average molecular weight is 253 g/mol. The van der Waals surface area contributed by atoms with Crippen molar-refractivity contribution < 1.29 is 13.5 Å². The Hall–Kier alpha value is -1.00. The zero-order valence-electron chi connectivity index (χ0n) is 10.2. The first-order valence-electron chi connectivity index (χ1n) is 6.48. The van der Waals surface area contributed by atoms with E-state index in [1.54, 1.807) is 0 Å². The molecule has 1 saturated heterocycles. The van der Waals surface area contributed by atoms with Gasteiger partial charge in [0.25, 0.3) is 0 Å². The van der Waals surface area contributed by atoms with Crippen LogP contribution in [0, 0.1) is 23.5 Å². The van der Waals surface area contributed by atoms with Crippen LogP contribution in [0.5, 0.6) is 0 Å². The van der Waals surface area contributed by atoms with Crippen LogP contribution in [0.4, 0.5) is 8.78 Å². The fourth-order valence-electron chi connectivity index (χ4n) is 2.73. The van der Waals surface area contributed by atoms with Crippen LogP contribution in [0.15, 0.2) is 18.2 Å². The molecule has 1 aliphatic heterocycles. The summed E-state index contributed by atoms with van der Waals surface area (Å²) in [6.45, 7) is 2.02. The van der Waals surface area contributed by atoms with Crippen LogP contribution in [0.3, 0.4) is 0 Å². The van der Waals surface area contributed by atoms with Gasteiger partial charge in [0.15, 0.2) is 0 Å². The van der Waals surface area contributed by atoms with Crippen LogP contribution in [0.25, 0.3) is 0 Å². The van der Waals surface area contributed by atoms with E-state index in [9.17, 15) is 8.78 Å². The molecule has 98 valence electrons. The Balaban J connectivity index is 1.59. The maximum Gasteiger partial charge on any atom is 0.126 e. The molecule has 1 heterocycles. The molecule has 0 spiro atoms. The minimum absolute atomic E-state index is 0.323. The first-order chi connectivity index (χ1) is 8.72. The Morgan fingerprint density at radius 2 is 1.83 bits per heavy atom. The molecule has 0 radical (unpaired) electrons. The molecule has 0 aromatic heterocycles. The minimum Gasteiger partial charge on any atom is -0.379 e. The lowest BCUT2D eigenvalue weighted by Crippen LogP contribution is -2.36. The van der Waals surface area contributed by atoms with Crippen molar-refractivity contribution in [3.8, 4) is 0 Å². The molecule has 0 bridgehead atoms. The van der Waals surface area contributed by atoms with E-state index in [2.05, 4.69) is 5.32 Å². The highest BCUT2D eigenvalue weighted by Gasteiger charge is 2.39. The van der Waals surface area contributed by atoms with E-state index < -0.39 is 11.6 Å². The molecule has 4 heteroatoms. The fourth-order valence-corrected chi connectivity index (χ4v) is 2.73. The summed E-state index contributed by atoms with van der Waals surface area (Å²) < 4.78 is 31.6. The van der Waals surface area contributed by atoms with Gasteiger partial charge < -0.3 is 10.1 Å². The first kappa shape index (κ1) is 12.1. The van der Waals surface area contributed by atoms with Gasteiger partial charge in [0.05, 0.1) is 13.2 Å². The number of halogens is 2. The Morgan fingerprint density at radius 1 is 1.11 bits per heavy atom. The fraction of sp³-hybridized carbons (Fsp3) is 0.571. The molecule has 2 nitrogen and oxygen atoms in total. The zero-order valence-corrected chi connectivity index (χ0v) is 10.2. The molecular formula is C14H17F2NO. The molecule has 0 amide bonds. The van der Waals surface area contributed by atoms with E-state index in [1.807, 2.05) is 0 Å². The predicted molar refractivity (Wildman–Crippen MR) is 64.0 cm³/mol. The second-order valence-corrected chi connectivity index (χ2v) is 5.30. The van der Waals surface area contributed by atoms with Crippen molar-refractivity contribution in [3.05, 3.63) is 35.4 Å². The smallest absolute Gasteiger partial charge is 0.126 e. The van der Waals surface area contributed by atoms with Crippen LogP contribution in [0.2, 0.25) is 0 Å². The predicted octanol–water partition coefficient (Wildman–Crippen LogP) is 2.48. The number of rotatable bonds is 4. The molecule has 2 aliphatic rings. The summed E-state index contributed by atoms with van der Waals surface area (Å²) in [5.74, 6) is 0.319. The molecule has 1 aliphatic carbocycles. The van der Waals surface area contributed by atoms with Crippen molar-refractivity contribution in [2.24, 2.45) is 11.8 Å². The SMILES string of the molecule is Fc1cc(F)cc(CNC2COCC2C2CC2)c1. The van der Waals surface area contributed by atoms with E-state index in [0.29, 0.717) is 30.7 Å². The number of hydrogen-bond donors (Lipinski definition) is 1. The molecule has 2 unspecified atom stereocenters. The number of nitrogens with one attached hydrogen (secondary N) is 1. The van der Waals surface area contributed by atoms with Crippen molar-refractivity contribution in [2.45, 2.75) is 25.4 Å². The average Bonchev–Trinajstić information content (AvgIpc) is 3.05. The highest BCUT2D eigenvalue weighted by molar-refractivity contribution is 5.17. The normalized spacial score (nSPS) is 27.7. The van der Waals surface area contributed by atoms with E-state index in [0.717, 1.165) is 18.6 Å². The van der Waals surface area contributed by atoms with Gasteiger partial charge in [-0.3, -0.25) is 0 Å². The Labute approximate surface area is 105 Å². The van der Waals surface area contributed by atoms with Crippen molar-refractivity contribution in [1.29, 1.82) is 0 Å². The molecule has 1 saturated carbocycles. The zero-order chi connectivity index (χ0) is 12.5. The van der Waals surface area contributed by atoms with Gasteiger partial charge in [0.1, 0.15) is 11.6 Å². The maximum atomic E-state index is 13.1. The second-order valence-electron chi connectivity index (χ2n) is 5.30. The van der Waals surface area contributed by atoms with Crippen LogP contribution in [-0.4, -0.2) is 19.3 Å². The lowest BCUT2D eigenvalue weighted by Gasteiger charge is -2.18. The summed E-state index contributed by atoms with van der Waals surface area (Å²) in [5.41, 5.74) is 0.647. The van der Waals surface area contributed by atoms with Gasteiger partial charge in [0, 0.05) is 24.6 Å². The van der Waals surface area contributed by atoms with E-state index in [4.69, 9.17) is 4.74 Å². The molecule has 18 heavy (non-hydrogen) atoms. The van der Waals surface area contributed by atoms with Gasteiger partial charge in [-0.25, -0.2) is 8.78 Å². The van der Waals surface area contributed by atoms with Gasteiger partial charge in [-0.15, -0.1) is 0 Å². The third-order valence-corrected chi connectivity index (χ3v) is 3.84. The van der Waals surface area contributed by atoms with Crippen molar-refractivity contribution >= 4 is 0 Å². The summed E-state index contributed by atoms with van der Waals surface area (Å²) in [4.78, 5) is 0. The van der Waals surface area contributed by atoms with Gasteiger partial charge in [-0.2, -0.15) is 0 Å². The minimum atomic E-state index is -0.520. The van der Waals surface area contributed by atoms with E-state index >= 15 is 0 Å². The summed E-state index contributed by atoms with van der Waals surface area (Å²) in [5, 5.41) is 3.37. The Kier molecular flexibility index (Phi) is 3.31. The lowest BCUT2D eigenvalue weighted by molar-refractivity contribution is 0.180. The highest BCUT2D eigenvalue weighted by atomic mass is 19.1. The monoisotopic (exact) mass is 253 g/mol. The number of benzene rings is 1. The molecule has 2 fully saturated rings. The Morgan fingerprint density at radius 3 is 2.50 bits per heavy atom. The van der Waals surface area contributed by atoms with Gasteiger partial charge in [-0.1, -0.05) is 0 Å². The van der Waals surface area contributed by atoms with Crippen LogP contribution in [0.1, 0.15) is 18.4 Å². The van der Waals surface area contributed by atoms with Crippen LogP contribution in [-0.2, 0) is 11.3 Å². The van der Waals surface area contributed by atoms with Gasteiger partial charge in [-0.05, 0) is 36.5 Å². The van der Waals surface area contributed by atoms with Crippen LogP contribution < -0.4 is 5.32 Å². The number of hydrogen-bond acceptors (Lipinski definition) is 2. The second kappa shape index (κ2) is 4.94. The molecule has 3 rings (SSSR count). The summed E-state index contributed by atoms with van der Waals surface area (Å²) in [7, 11) is 0. The van der Waals surface area contributed by atoms with Crippen LogP contribution >= 0.6 is 0 Å². The summed E-state index contributed by atoms with van der Waals surface area (Å²) in [6.07, 6.45) is 2.58. The molecule has 1 N–H and O–H groups in total. The lowest BCUT2D eigenvalue weighted by atomic mass is 9.98. The maximum absolute atomic E-state index is 13.1. The standard InChI is InChI=1S/C14H17F2NO/c15-11-3-9(4-12(16)5-11)6-17-14-8-18-7-13(14)10-1-2-10/h3-5,10,13-14,17H,1-2,6-8H2. The van der Waals surface area contributed by atoms with E-state index in [1.165, 1.54) is 25.0 Å². The summed E-state index contributed by atoms with van der Waals surface area (Å²) >= 11 is 0. The van der Waals surface area contributed by atoms with Crippen molar-refractivity contribution in [1.82, 2.24) is 5.32 Å². The van der Waals surface area contributed by atoms with E-state index in [-0.39, 0.29) is 0 Å². The van der Waals surface area contributed by atoms with Crippen molar-refractivity contribution in [2.75, 3.05) is 13.2 Å². The highest BCUT2D eigenvalue weighted by Crippen LogP contribution is 2.40. The first-order valence-corrected chi connectivity index (χ1v) is 6.48. The molecule has 1 aromatic rings. The molecular weight excluding hydrogens is 236 g/mol. The van der Waals surface area contributed by atoms with Crippen molar-refractivity contribution in [3.63, 3.8) is 0 Å². The largest absolute Gasteiger partial charge is 0.379 e. The third-order valence-electron chi connectivity index (χ3n) is 3.84. The number of ether oxygens (including phenoxy) is 1. The van der Waals surface area contributed by atoms with Gasteiger partial charge in [0.2, 0.25) is 0 Å². The third kappa shape index (κ3) is 2.70. The molecule has 2 atom stereocenters. The summed E-state index contributed by atoms with van der Waals surface area (Å²) in [6, 6.07) is 3.97. The Bertz CT molecular complexity index is 414. The quantitative estimate of drug-likeness (QED) is 0.890. The van der Waals surface area contributed by atoms with Gasteiger partial charge >= 0.3 is 0 Å². The topological polar surface area (TPSA) is 21.3 Å². The molecule has 1 aromatic carbocycles.